The van der Waals surface area contributed by atoms with Crippen LogP contribution in [0.2, 0.25) is 0 Å². The first-order chi connectivity index (χ1) is 14.1. The van der Waals surface area contributed by atoms with Gasteiger partial charge in [0.15, 0.2) is 5.11 Å². The Morgan fingerprint density at radius 1 is 1.10 bits per heavy atom. The fourth-order valence-corrected chi connectivity index (χ4v) is 4.36. The molecule has 2 aliphatic rings. The lowest BCUT2D eigenvalue weighted by Gasteiger charge is -2.32. The number of benzene rings is 1. The highest BCUT2D eigenvalue weighted by Crippen LogP contribution is 2.39. The molecule has 162 valence electrons. The molecule has 2 atom stereocenters. The first-order valence-corrected chi connectivity index (χ1v) is 11.4. The quantitative estimate of drug-likeness (QED) is 0.640. The van der Waals surface area contributed by atoms with Crippen molar-refractivity contribution in [1.82, 2.24) is 5.32 Å². The lowest BCUT2D eigenvalue weighted by atomic mass is 9.86. The Hall–Kier alpha value is -1.73. The lowest BCUT2D eigenvalue weighted by Crippen LogP contribution is -2.43. The van der Waals surface area contributed by atoms with Crippen LogP contribution in [-0.4, -0.2) is 50.7 Å². The number of hydrogen-bond donors (Lipinski definition) is 2. The van der Waals surface area contributed by atoms with Gasteiger partial charge in [-0.25, -0.2) is 0 Å². The Morgan fingerprint density at radius 2 is 1.79 bits per heavy atom. The van der Waals surface area contributed by atoms with E-state index in [4.69, 9.17) is 26.4 Å². The number of morpholine rings is 1. The van der Waals surface area contributed by atoms with Gasteiger partial charge in [0.1, 0.15) is 11.5 Å². The third kappa shape index (κ3) is 5.89. The molecule has 0 bridgehead atoms. The van der Waals surface area contributed by atoms with Gasteiger partial charge < -0.3 is 29.7 Å². The molecular formula is C22H35N3O3S. The molecule has 29 heavy (non-hydrogen) atoms. The molecule has 7 heteroatoms. The zero-order chi connectivity index (χ0) is 20.6. The van der Waals surface area contributed by atoms with Crippen molar-refractivity contribution in [3.63, 3.8) is 0 Å². The Labute approximate surface area is 180 Å². The van der Waals surface area contributed by atoms with Gasteiger partial charge in [-0.3, -0.25) is 0 Å². The van der Waals surface area contributed by atoms with Gasteiger partial charge in [-0.2, -0.15) is 0 Å². The summed E-state index contributed by atoms with van der Waals surface area (Å²) in [5.41, 5.74) is 1.89. The lowest BCUT2D eigenvalue weighted by molar-refractivity contribution is 0.122. The number of anilines is 2. The van der Waals surface area contributed by atoms with Crippen molar-refractivity contribution in [2.75, 3.05) is 49.7 Å². The summed E-state index contributed by atoms with van der Waals surface area (Å²) >= 11 is 5.63. The van der Waals surface area contributed by atoms with Crippen LogP contribution in [0.3, 0.4) is 0 Å². The molecule has 3 rings (SSSR count). The number of rotatable bonds is 7. The summed E-state index contributed by atoms with van der Waals surface area (Å²) in [4.78, 5) is 2.29. The van der Waals surface area contributed by atoms with E-state index in [1.807, 2.05) is 19.9 Å². The van der Waals surface area contributed by atoms with Crippen LogP contribution in [0.5, 0.6) is 11.5 Å². The smallest absolute Gasteiger partial charge is 0.171 e. The molecule has 0 aromatic heterocycles. The predicted molar refractivity (Wildman–Crippen MR) is 123 cm³/mol. The summed E-state index contributed by atoms with van der Waals surface area (Å²) in [5.74, 6) is 2.27. The van der Waals surface area contributed by atoms with Crippen molar-refractivity contribution in [1.29, 1.82) is 0 Å². The highest BCUT2D eigenvalue weighted by atomic mass is 32.1. The molecule has 1 heterocycles. The van der Waals surface area contributed by atoms with Crippen LogP contribution in [0.25, 0.3) is 0 Å². The maximum atomic E-state index is 5.97. The maximum Gasteiger partial charge on any atom is 0.171 e. The molecule has 2 fully saturated rings. The number of nitrogens with one attached hydrogen (secondary N) is 2. The van der Waals surface area contributed by atoms with Crippen LogP contribution in [0.1, 0.15) is 46.5 Å². The van der Waals surface area contributed by atoms with E-state index in [1.165, 1.54) is 25.7 Å². The normalized spacial score (nSPS) is 22.1. The zero-order valence-electron chi connectivity index (χ0n) is 18.0. The molecule has 1 aromatic rings. The average Bonchev–Trinajstić information content (AvgIpc) is 2.72. The van der Waals surface area contributed by atoms with Crippen molar-refractivity contribution < 1.29 is 14.2 Å². The van der Waals surface area contributed by atoms with Crippen LogP contribution in [-0.2, 0) is 4.74 Å². The third-order valence-corrected chi connectivity index (χ3v) is 5.91. The van der Waals surface area contributed by atoms with Gasteiger partial charge in [-0.15, -0.1) is 0 Å². The van der Waals surface area contributed by atoms with Crippen molar-refractivity contribution in [2.45, 2.75) is 52.5 Å². The van der Waals surface area contributed by atoms with Crippen LogP contribution >= 0.6 is 12.2 Å². The molecule has 1 saturated heterocycles. The molecule has 1 aromatic carbocycles. The predicted octanol–water partition coefficient (Wildman–Crippen LogP) is 4.19. The number of nitrogens with zero attached hydrogens (tertiary/aromatic N) is 1. The topological polar surface area (TPSA) is 55.0 Å². The van der Waals surface area contributed by atoms with E-state index in [0.717, 1.165) is 49.2 Å². The Balaban J connectivity index is 1.80. The second-order valence-corrected chi connectivity index (χ2v) is 8.16. The number of thiocarbonyl (C=S) groups is 1. The van der Waals surface area contributed by atoms with Gasteiger partial charge >= 0.3 is 0 Å². The second-order valence-electron chi connectivity index (χ2n) is 7.75. The first kappa shape index (κ1) is 22.0. The molecule has 6 nitrogen and oxygen atoms in total. The summed E-state index contributed by atoms with van der Waals surface area (Å²) in [5, 5.41) is 7.52. The molecule has 2 N–H and O–H groups in total. The number of hydrogen-bond acceptors (Lipinski definition) is 5. The number of ether oxygens (including phenoxy) is 3. The molecule has 0 unspecified atom stereocenters. The molecular weight excluding hydrogens is 386 g/mol. The van der Waals surface area contributed by atoms with E-state index in [-0.39, 0.29) is 0 Å². The minimum atomic E-state index is 0.429. The molecule has 1 saturated carbocycles. The highest BCUT2D eigenvalue weighted by molar-refractivity contribution is 7.80. The monoisotopic (exact) mass is 421 g/mol. The highest BCUT2D eigenvalue weighted by Gasteiger charge is 2.23. The first-order valence-electron chi connectivity index (χ1n) is 11.0. The molecule has 1 aliphatic heterocycles. The maximum absolute atomic E-state index is 5.97. The fourth-order valence-electron chi connectivity index (χ4n) is 4.10. The standard InChI is InChI=1S/C22H35N3O3S/c1-4-27-20-15-19(25-10-12-26-13-11-25)21(28-5-2)14-18(20)24-22(29)23-17-9-7-6-8-16(17)3/h14-17H,4-13H2,1-3H3,(H2,23,24,29)/t16-,17-/m1/s1. The Morgan fingerprint density at radius 3 is 2.48 bits per heavy atom. The second kappa shape index (κ2) is 10.9. The minimum Gasteiger partial charge on any atom is -0.492 e. The van der Waals surface area contributed by atoms with E-state index in [0.29, 0.717) is 30.3 Å². The van der Waals surface area contributed by atoms with Crippen molar-refractivity contribution in [2.24, 2.45) is 5.92 Å². The van der Waals surface area contributed by atoms with Gasteiger partial charge in [0.05, 0.1) is 37.8 Å². The van der Waals surface area contributed by atoms with Crippen LogP contribution in [0.4, 0.5) is 11.4 Å². The van der Waals surface area contributed by atoms with Gasteiger partial charge in [0.25, 0.3) is 0 Å². The van der Waals surface area contributed by atoms with Gasteiger partial charge in [0.2, 0.25) is 0 Å². The van der Waals surface area contributed by atoms with Crippen molar-refractivity contribution in [3.8, 4) is 11.5 Å². The fraction of sp³-hybridized carbons (Fsp3) is 0.682. The van der Waals surface area contributed by atoms with E-state index >= 15 is 0 Å². The van der Waals surface area contributed by atoms with E-state index in [2.05, 4.69) is 28.5 Å². The van der Waals surface area contributed by atoms with Crippen LogP contribution in [0, 0.1) is 5.92 Å². The van der Waals surface area contributed by atoms with Crippen molar-refractivity contribution >= 4 is 28.7 Å². The third-order valence-electron chi connectivity index (χ3n) is 5.69. The molecule has 0 amide bonds. The van der Waals surface area contributed by atoms with Gasteiger partial charge in [-0.05, 0) is 44.8 Å². The van der Waals surface area contributed by atoms with Gasteiger partial charge in [0, 0.05) is 31.3 Å². The molecule has 1 aliphatic carbocycles. The SMILES string of the molecule is CCOc1cc(N2CCOCC2)c(OCC)cc1NC(=S)N[C@@H]1CCCC[C@H]1C. The average molecular weight is 422 g/mol. The van der Waals surface area contributed by atoms with Crippen LogP contribution in [0.15, 0.2) is 12.1 Å². The zero-order valence-corrected chi connectivity index (χ0v) is 18.8. The van der Waals surface area contributed by atoms with E-state index in [9.17, 15) is 0 Å². The summed E-state index contributed by atoms with van der Waals surface area (Å²) in [6.07, 6.45) is 5.00. The van der Waals surface area contributed by atoms with Gasteiger partial charge in [-0.1, -0.05) is 19.8 Å². The summed E-state index contributed by atoms with van der Waals surface area (Å²) in [6, 6.07) is 4.50. The summed E-state index contributed by atoms with van der Waals surface area (Å²) in [7, 11) is 0. The van der Waals surface area contributed by atoms with Crippen LogP contribution < -0.4 is 25.0 Å². The van der Waals surface area contributed by atoms with Crippen molar-refractivity contribution in [3.05, 3.63) is 12.1 Å². The summed E-state index contributed by atoms with van der Waals surface area (Å²) < 4.78 is 17.4. The molecule has 0 radical (unpaired) electrons. The molecule has 0 spiro atoms. The summed E-state index contributed by atoms with van der Waals surface area (Å²) in [6.45, 7) is 10.6. The van der Waals surface area contributed by atoms with E-state index < -0.39 is 0 Å². The Kier molecular flexibility index (Phi) is 8.24. The largest absolute Gasteiger partial charge is 0.492 e. The van der Waals surface area contributed by atoms with E-state index in [1.54, 1.807) is 0 Å². The Bertz CT molecular complexity index is 680. The minimum absolute atomic E-state index is 0.429.